The van der Waals surface area contributed by atoms with Gasteiger partial charge in [-0.1, -0.05) is 50.1 Å². The summed E-state index contributed by atoms with van der Waals surface area (Å²) >= 11 is 0. The lowest BCUT2D eigenvalue weighted by Crippen LogP contribution is -2.41. The fourth-order valence-corrected chi connectivity index (χ4v) is 2.94. The maximum atomic E-state index is 6.25. The highest BCUT2D eigenvalue weighted by Gasteiger charge is 2.23. The van der Waals surface area contributed by atoms with Gasteiger partial charge in [-0.3, -0.25) is 4.90 Å². The van der Waals surface area contributed by atoms with Crippen LogP contribution in [0.2, 0.25) is 0 Å². The van der Waals surface area contributed by atoms with Crippen molar-refractivity contribution < 1.29 is 0 Å². The van der Waals surface area contributed by atoms with Crippen molar-refractivity contribution in [2.45, 2.75) is 45.2 Å². The van der Waals surface area contributed by atoms with Crippen LogP contribution in [0.3, 0.4) is 0 Å². The quantitative estimate of drug-likeness (QED) is 0.865. The molecule has 2 N–H and O–H groups in total. The fraction of sp³-hybridized carbons (Fsp3) is 0.625. The maximum Gasteiger partial charge on any atom is 0.0233 e. The van der Waals surface area contributed by atoms with Crippen LogP contribution in [-0.4, -0.2) is 24.0 Å². The predicted octanol–water partition coefficient (Wildman–Crippen LogP) is 3.03. The summed E-state index contributed by atoms with van der Waals surface area (Å²) in [7, 11) is 0. The van der Waals surface area contributed by atoms with Gasteiger partial charge in [0.15, 0.2) is 0 Å². The zero-order valence-electron chi connectivity index (χ0n) is 11.5. The number of hydrogen-bond donors (Lipinski definition) is 1. The molecule has 0 heterocycles. The van der Waals surface area contributed by atoms with Crippen LogP contribution in [0.15, 0.2) is 30.3 Å². The van der Waals surface area contributed by atoms with Gasteiger partial charge in [-0.05, 0) is 30.9 Å². The highest BCUT2D eigenvalue weighted by Crippen LogP contribution is 2.24. The van der Waals surface area contributed by atoms with Gasteiger partial charge in [-0.2, -0.15) is 0 Å². The molecule has 0 radical (unpaired) electrons. The first kappa shape index (κ1) is 13.6. The number of nitrogens with two attached hydrogens (primary N) is 1. The monoisotopic (exact) mass is 246 g/mol. The summed E-state index contributed by atoms with van der Waals surface area (Å²) < 4.78 is 0. The van der Waals surface area contributed by atoms with Gasteiger partial charge in [0, 0.05) is 19.1 Å². The summed E-state index contributed by atoms with van der Waals surface area (Å²) in [6.07, 6.45) is 5.21. The van der Waals surface area contributed by atoms with Gasteiger partial charge >= 0.3 is 0 Å². The first-order valence-electron chi connectivity index (χ1n) is 7.31. The third-order valence-corrected chi connectivity index (χ3v) is 4.16. The van der Waals surface area contributed by atoms with Crippen molar-refractivity contribution in [2.24, 2.45) is 11.7 Å². The van der Waals surface area contributed by atoms with Crippen molar-refractivity contribution in [3.63, 3.8) is 0 Å². The Morgan fingerprint density at radius 3 is 2.56 bits per heavy atom. The SMILES string of the molecule is CCN(Cc1ccccc1)CC1CCCCC1N. The van der Waals surface area contributed by atoms with E-state index in [1.165, 1.54) is 31.2 Å². The number of benzene rings is 1. The Balaban J connectivity index is 1.88. The van der Waals surface area contributed by atoms with Crippen LogP contribution in [0.25, 0.3) is 0 Å². The second-order valence-electron chi connectivity index (χ2n) is 5.52. The average Bonchev–Trinajstić information content (AvgIpc) is 2.41. The van der Waals surface area contributed by atoms with E-state index in [1.54, 1.807) is 0 Å². The first-order valence-corrected chi connectivity index (χ1v) is 7.31. The molecule has 0 bridgehead atoms. The van der Waals surface area contributed by atoms with Crippen molar-refractivity contribution in [3.8, 4) is 0 Å². The summed E-state index contributed by atoms with van der Waals surface area (Å²) in [5.41, 5.74) is 7.65. The molecule has 2 heteroatoms. The maximum absolute atomic E-state index is 6.25. The Morgan fingerprint density at radius 2 is 1.89 bits per heavy atom. The molecule has 0 aliphatic heterocycles. The molecule has 2 rings (SSSR count). The van der Waals surface area contributed by atoms with Crippen LogP contribution in [0.5, 0.6) is 0 Å². The highest BCUT2D eigenvalue weighted by molar-refractivity contribution is 5.14. The Kier molecular flexibility index (Phi) is 5.21. The summed E-state index contributed by atoms with van der Waals surface area (Å²) in [4.78, 5) is 2.53. The second-order valence-corrected chi connectivity index (χ2v) is 5.52. The summed E-state index contributed by atoms with van der Waals surface area (Å²) in [5, 5.41) is 0. The minimum atomic E-state index is 0.420. The van der Waals surface area contributed by atoms with E-state index in [2.05, 4.69) is 42.2 Å². The summed E-state index contributed by atoms with van der Waals surface area (Å²) in [6, 6.07) is 11.2. The normalized spacial score (nSPS) is 24.4. The van der Waals surface area contributed by atoms with E-state index in [1.807, 2.05) is 0 Å². The molecule has 1 aromatic carbocycles. The summed E-state index contributed by atoms with van der Waals surface area (Å²) in [5.74, 6) is 0.697. The lowest BCUT2D eigenvalue weighted by Gasteiger charge is -2.33. The number of nitrogens with zero attached hydrogens (tertiary/aromatic N) is 1. The van der Waals surface area contributed by atoms with Crippen molar-refractivity contribution in [2.75, 3.05) is 13.1 Å². The van der Waals surface area contributed by atoms with Crippen LogP contribution in [0, 0.1) is 5.92 Å². The number of rotatable bonds is 5. The van der Waals surface area contributed by atoms with E-state index in [0.717, 1.165) is 19.6 Å². The smallest absolute Gasteiger partial charge is 0.0233 e. The van der Waals surface area contributed by atoms with E-state index in [0.29, 0.717) is 12.0 Å². The van der Waals surface area contributed by atoms with Crippen LogP contribution >= 0.6 is 0 Å². The first-order chi connectivity index (χ1) is 8.79. The molecule has 1 saturated carbocycles. The highest BCUT2D eigenvalue weighted by atomic mass is 15.1. The van der Waals surface area contributed by atoms with Crippen molar-refractivity contribution in [1.29, 1.82) is 0 Å². The Morgan fingerprint density at radius 1 is 1.17 bits per heavy atom. The average molecular weight is 246 g/mol. The van der Waals surface area contributed by atoms with E-state index in [9.17, 15) is 0 Å². The Bertz CT molecular complexity index is 336. The standard InChI is InChI=1S/C16H26N2/c1-2-18(12-14-8-4-3-5-9-14)13-15-10-6-7-11-16(15)17/h3-5,8-9,15-16H,2,6-7,10-13,17H2,1H3. The van der Waals surface area contributed by atoms with Crippen LogP contribution < -0.4 is 5.73 Å². The minimum Gasteiger partial charge on any atom is -0.327 e. The molecule has 18 heavy (non-hydrogen) atoms. The van der Waals surface area contributed by atoms with Crippen LogP contribution in [0.1, 0.15) is 38.2 Å². The molecule has 100 valence electrons. The lowest BCUT2D eigenvalue weighted by molar-refractivity contribution is 0.184. The molecule has 2 atom stereocenters. The van der Waals surface area contributed by atoms with Gasteiger partial charge in [0.25, 0.3) is 0 Å². The molecule has 1 aliphatic carbocycles. The topological polar surface area (TPSA) is 29.3 Å². The van der Waals surface area contributed by atoms with E-state index < -0.39 is 0 Å². The molecule has 0 saturated heterocycles. The molecule has 0 aromatic heterocycles. The van der Waals surface area contributed by atoms with Gasteiger partial charge in [-0.15, -0.1) is 0 Å². The largest absolute Gasteiger partial charge is 0.327 e. The third kappa shape index (κ3) is 3.82. The Hall–Kier alpha value is -0.860. The molecule has 0 spiro atoms. The van der Waals surface area contributed by atoms with E-state index >= 15 is 0 Å². The van der Waals surface area contributed by atoms with Crippen molar-refractivity contribution >= 4 is 0 Å². The third-order valence-electron chi connectivity index (χ3n) is 4.16. The second kappa shape index (κ2) is 6.91. The van der Waals surface area contributed by atoms with Crippen molar-refractivity contribution in [1.82, 2.24) is 4.90 Å². The lowest BCUT2D eigenvalue weighted by atomic mass is 9.84. The van der Waals surface area contributed by atoms with Crippen LogP contribution in [-0.2, 0) is 6.54 Å². The van der Waals surface area contributed by atoms with Crippen molar-refractivity contribution in [3.05, 3.63) is 35.9 Å². The molecular formula is C16H26N2. The molecule has 1 aromatic rings. The minimum absolute atomic E-state index is 0.420. The van der Waals surface area contributed by atoms with Gasteiger partial charge in [0.2, 0.25) is 0 Å². The molecule has 2 unspecified atom stereocenters. The van der Waals surface area contributed by atoms with Gasteiger partial charge in [0.05, 0.1) is 0 Å². The molecule has 2 nitrogen and oxygen atoms in total. The summed E-state index contributed by atoms with van der Waals surface area (Å²) in [6.45, 7) is 5.57. The molecule has 1 fully saturated rings. The van der Waals surface area contributed by atoms with Gasteiger partial charge in [-0.25, -0.2) is 0 Å². The van der Waals surface area contributed by atoms with Gasteiger partial charge < -0.3 is 5.73 Å². The zero-order valence-corrected chi connectivity index (χ0v) is 11.5. The van der Waals surface area contributed by atoms with Crippen LogP contribution in [0.4, 0.5) is 0 Å². The fourth-order valence-electron chi connectivity index (χ4n) is 2.94. The van der Waals surface area contributed by atoms with Gasteiger partial charge in [0.1, 0.15) is 0 Å². The predicted molar refractivity (Wildman–Crippen MR) is 77.3 cm³/mol. The zero-order chi connectivity index (χ0) is 12.8. The van der Waals surface area contributed by atoms with E-state index in [-0.39, 0.29) is 0 Å². The molecular weight excluding hydrogens is 220 g/mol. The Labute approximate surface area is 111 Å². The van der Waals surface area contributed by atoms with E-state index in [4.69, 9.17) is 5.73 Å². The molecule has 0 amide bonds. The molecule has 1 aliphatic rings. The number of hydrogen-bond acceptors (Lipinski definition) is 2.